The molecule has 0 amide bonds. The molecule has 19 heavy (non-hydrogen) atoms. The lowest BCUT2D eigenvalue weighted by Crippen LogP contribution is -2.37. The van der Waals surface area contributed by atoms with Gasteiger partial charge in [-0.25, -0.2) is 9.97 Å². The highest BCUT2D eigenvalue weighted by Gasteiger charge is 2.30. The predicted molar refractivity (Wildman–Crippen MR) is 65.7 cm³/mol. The Hall–Kier alpha value is -2.45. The Balaban J connectivity index is 2.22. The van der Waals surface area contributed by atoms with E-state index in [-0.39, 0.29) is 17.3 Å². The minimum absolute atomic E-state index is 0.154. The Morgan fingerprint density at radius 2 is 2.11 bits per heavy atom. The second-order valence-electron chi connectivity index (χ2n) is 4.29. The van der Waals surface area contributed by atoms with Crippen molar-refractivity contribution < 1.29 is 14.8 Å². The van der Waals surface area contributed by atoms with E-state index >= 15 is 0 Å². The van der Waals surface area contributed by atoms with E-state index in [1.54, 1.807) is 4.90 Å². The smallest absolute Gasteiger partial charge is 0.353 e. The monoisotopic (exact) mass is 267 g/mol. The number of nitrogens with zero attached hydrogens (tertiary/aromatic N) is 4. The molecule has 1 aromatic rings. The average molecular weight is 267 g/mol. The van der Waals surface area contributed by atoms with E-state index in [1.807, 2.05) is 0 Å². The normalized spacial score (nSPS) is 16.3. The number of nitro groups is 1. The number of nitrogens with two attached hydrogens (primary N) is 1. The van der Waals surface area contributed by atoms with Gasteiger partial charge in [-0.05, 0) is 12.8 Å². The van der Waals surface area contributed by atoms with E-state index in [1.165, 1.54) is 6.33 Å². The van der Waals surface area contributed by atoms with E-state index in [0.717, 1.165) is 0 Å². The number of nitrogen functional groups attached to an aromatic ring is 1. The minimum Gasteiger partial charge on any atom is -0.481 e. The lowest BCUT2D eigenvalue weighted by molar-refractivity contribution is -0.383. The molecule has 2 heterocycles. The fourth-order valence-corrected chi connectivity index (χ4v) is 2.13. The zero-order chi connectivity index (χ0) is 14.0. The number of carboxylic acid groups (broad SMARTS) is 1. The number of aliphatic carboxylic acids is 1. The van der Waals surface area contributed by atoms with E-state index in [0.29, 0.717) is 25.9 Å². The summed E-state index contributed by atoms with van der Waals surface area (Å²) >= 11 is 0. The summed E-state index contributed by atoms with van der Waals surface area (Å²) in [6.45, 7) is 0.794. The molecule has 9 nitrogen and oxygen atoms in total. The first kappa shape index (κ1) is 13.0. The number of aromatic nitrogens is 2. The maximum Gasteiger partial charge on any atom is 0.353 e. The van der Waals surface area contributed by atoms with Crippen LogP contribution in [-0.4, -0.2) is 39.1 Å². The van der Waals surface area contributed by atoms with Crippen molar-refractivity contribution in [1.29, 1.82) is 0 Å². The Morgan fingerprint density at radius 1 is 1.47 bits per heavy atom. The van der Waals surface area contributed by atoms with Gasteiger partial charge >= 0.3 is 11.7 Å². The van der Waals surface area contributed by atoms with Crippen LogP contribution in [0.5, 0.6) is 0 Å². The first-order valence-corrected chi connectivity index (χ1v) is 5.73. The molecule has 1 fully saturated rings. The number of piperidine rings is 1. The standard InChI is InChI=1S/C10H13N5O4/c11-8-7(15(18)19)9(13-5-12-8)14-3-1-6(2-4-14)10(16)17/h5-6H,1-4H2,(H,16,17)(H2,11,12,13). The van der Waals surface area contributed by atoms with Gasteiger partial charge in [0.25, 0.3) is 0 Å². The summed E-state index contributed by atoms with van der Waals surface area (Å²) in [5, 5.41) is 19.9. The number of carboxylic acids is 1. The van der Waals surface area contributed by atoms with Crippen molar-refractivity contribution >= 4 is 23.3 Å². The molecule has 1 aromatic heterocycles. The molecule has 0 spiro atoms. The molecule has 9 heteroatoms. The van der Waals surface area contributed by atoms with Gasteiger partial charge in [0.2, 0.25) is 11.6 Å². The molecular formula is C10H13N5O4. The minimum atomic E-state index is -0.837. The van der Waals surface area contributed by atoms with Crippen molar-refractivity contribution in [3.05, 3.63) is 16.4 Å². The number of hydrogen-bond acceptors (Lipinski definition) is 7. The SMILES string of the molecule is Nc1ncnc(N2CCC(C(=O)O)CC2)c1[N+](=O)[O-]. The van der Waals surface area contributed by atoms with Crippen LogP contribution in [0.4, 0.5) is 17.3 Å². The van der Waals surface area contributed by atoms with E-state index < -0.39 is 16.8 Å². The van der Waals surface area contributed by atoms with Crippen LogP contribution in [0.25, 0.3) is 0 Å². The van der Waals surface area contributed by atoms with Gasteiger partial charge in [-0.2, -0.15) is 0 Å². The molecule has 0 bridgehead atoms. The highest BCUT2D eigenvalue weighted by Crippen LogP contribution is 2.32. The summed E-state index contributed by atoms with van der Waals surface area (Å²) in [4.78, 5) is 30.4. The molecule has 0 unspecified atom stereocenters. The van der Waals surface area contributed by atoms with Crippen LogP contribution in [-0.2, 0) is 4.79 Å². The maximum atomic E-state index is 11.0. The molecular weight excluding hydrogens is 254 g/mol. The Bertz CT molecular complexity index is 513. The summed E-state index contributed by atoms with van der Waals surface area (Å²) in [5.41, 5.74) is 5.17. The average Bonchev–Trinajstić information content (AvgIpc) is 2.38. The highest BCUT2D eigenvalue weighted by molar-refractivity contribution is 5.71. The molecule has 0 saturated carbocycles. The third-order valence-corrected chi connectivity index (χ3v) is 3.16. The van der Waals surface area contributed by atoms with Crippen LogP contribution in [0.15, 0.2) is 6.33 Å². The Kier molecular flexibility index (Phi) is 3.45. The third-order valence-electron chi connectivity index (χ3n) is 3.16. The largest absolute Gasteiger partial charge is 0.481 e. The molecule has 2 rings (SSSR count). The Morgan fingerprint density at radius 3 is 2.63 bits per heavy atom. The first-order valence-electron chi connectivity index (χ1n) is 5.73. The summed E-state index contributed by atoms with van der Waals surface area (Å²) in [6.07, 6.45) is 2.02. The second-order valence-corrected chi connectivity index (χ2v) is 4.29. The van der Waals surface area contributed by atoms with Gasteiger partial charge in [-0.15, -0.1) is 0 Å². The van der Waals surface area contributed by atoms with Gasteiger partial charge in [0.1, 0.15) is 6.33 Å². The summed E-state index contributed by atoms with van der Waals surface area (Å²) in [5.74, 6) is -1.28. The van der Waals surface area contributed by atoms with Crippen LogP contribution in [0.3, 0.4) is 0 Å². The molecule has 0 aromatic carbocycles. The topological polar surface area (TPSA) is 135 Å². The number of anilines is 2. The zero-order valence-electron chi connectivity index (χ0n) is 10.0. The quantitative estimate of drug-likeness (QED) is 0.588. The zero-order valence-corrected chi connectivity index (χ0v) is 10.0. The maximum absolute atomic E-state index is 11.0. The van der Waals surface area contributed by atoms with E-state index in [9.17, 15) is 14.9 Å². The van der Waals surface area contributed by atoms with Gasteiger partial charge in [0, 0.05) is 13.1 Å². The molecule has 3 N–H and O–H groups in total. The highest BCUT2D eigenvalue weighted by atomic mass is 16.6. The van der Waals surface area contributed by atoms with Crippen LogP contribution in [0.1, 0.15) is 12.8 Å². The fraction of sp³-hybridized carbons (Fsp3) is 0.500. The number of hydrogen-bond donors (Lipinski definition) is 2. The van der Waals surface area contributed by atoms with Crippen LogP contribution >= 0.6 is 0 Å². The van der Waals surface area contributed by atoms with E-state index in [2.05, 4.69) is 9.97 Å². The summed E-state index contributed by atoms with van der Waals surface area (Å²) in [6, 6.07) is 0. The molecule has 0 aliphatic carbocycles. The van der Waals surface area contributed by atoms with Crippen molar-refractivity contribution in [2.45, 2.75) is 12.8 Å². The molecule has 0 radical (unpaired) electrons. The lowest BCUT2D eigenvalue weighted by Gasteiger charge is -2.30. The molecule has 1 aliphatic heterocycles. The third kappa shape index (κ3) is 2.54. The van der Waals surface area contributed by atoms with E-state index in [4.69, 9.17) is 10.8 Å². The van der Waals surface area contributed by atoms with Crippen molar-refractivity contribution in [3.8, 4) is 0 Å². The number of carbonyl (C=O) groups is 1. The molecule has 102 valence electrons. The van der Waals surface area contributed by atoms with Crippen LogP contribution in [0.2, 0.25) is 0 Å². The first-order chi connectivity index (χ1) is 9.00. The van der Waals surface area contributed by atoms with Crippen molar-refractivity contribution in [2.75, 3.05) is 23.7 Å². The van der Waals surface area contributed by atoms with Crippen molar-refractivity contribution in [1.82, 2.24) is 9.97 Å². The van der Waals surface area contributed by atoms with Crippen LogP contribution in [0, 0.1) is 16.0 Å². The van der Waals surface area contributed by atoms with Gasteiger partial charge < -0.3 is 15.7 Å². The molecule has 1 aliphatic rings. The lowest BCUT2D eigenvalue weighted by atomic mass is 9.97. The second kappa shape index (κ2) is 5.04. The van der Waals surface area contributed by atoms with Crippen molar-refractivity contribution in [3.63, 3.8) is 0 Å². The molecule has 1 saturated heterocycles. The number of rotatable bonds is 3. The van der Waals surface area contributed by atoms with Crippen LogP contribution < -0.4 is 10.6 Å². The Labute approximate surface area is 108 Å². The van der Waals surface area contributed by atoms with Gasteiger partial charge in [0.15, 0.2) is 0 Å². The fourth-order valence-electron chi connectivity index (χ4n) is 2.13. The van der Waals surface area contributed by atoms with Crippen molar-refractivity contribution in [2.24, 2.45) is 5.92 Å². The van der Waals surface area contributed by atoms with Gasteiger partial charge in [-0.3, -0.25) is 14.9 Å². The summed E-state index contributed by atoms with van der Waals surface area (Å²) in [7, 11) is 0. The predicted octanol–water partition coefficient (Wildman–Crippen LogP) is 0.268. The van der Waals surface area contributed by atoms with Gasteiger partial charge in [0.05, 0.1) is 10.8 Å². The molecule has 0 atom stereocenters. The van der Waals surface area contributed by atoms with Gasteiger partial charge in [-0.1, -0.05) is 0 Å². The summed E-state index contributed by atoms with van der Waals surface area (Å²) < 4.78 is 0.